The molecule has 0 fully saturated rings. The molecule has 106 valence electrons. The molecule has 1 aromatic heterocycles. The summed E-state index contributed by atoms with van der Waals surface area (Å²) in [7, 11) is -2.27. The molecule has 0 saturated heterocycles. The molecule has 0 spiro atoms. The van der Waals surface area contributed by atoms with Gasteiger partial charge in [0.1, 0.15) is 5.02 Å². The lowest BCUT2D eigenvalue weighted by Gasteiger charge is -2.20. The molecule has 19 heavy (non-hydrogen) atoms. The standard InChI is InChI=1S/C11H15ClN2O4S/c1-3-4-14(5-6-18-2)19(16,17)9-7-10(12)11(15)13-8-9/h3,7-8H,1,4-6H2,2H3,(H,13,15). The minimum absolute atomic E-state index is 0.0740. The fraction of sp³-hybridized carbons (Fsp3) is 0.364. The average molecular weight is 307 g/mol. The van der Waals surface area contributed by atoms with Crippen LogP contribution in [-0.2, 0) is 14.8 Å². The summed E-state index contributed by atoms with van der Waals surface area (Å²) >= 11 is 5.63. The zero-order valence-corrected chi connectivity index (χ0v) is 12.0. The molecule has 8 heteroatoms. The van der Waals surface area contributed by atoms with E-state index >= 15 is 0 Å². The first-order chi connectivity index (χ1) is 8.93. The molecule has 0 aromatic carbocycles. The van der Waals surface area contributed by atoms with Crippen LogP contribution < -0.4 is 5.56 Å². The quantitative estimate of drug-likeness (QED) is 0.758. The second-order valence-electron chi connectivity index (χ2n) is 3.66. The SMILES string of the molecule is C=CCN(CCOC)S(=O)(=O)c1c[nH]c(=O)c(Cl)c1. The summed E-state index contributed by atoms with van der Waals surface area (Å²) in [4.78, 5) is 13.3. The van der Waals surface area contributed by atoms with Gasteiger partial charge in [-0.1, -0.05) is 17.7 Å². The number of nitrogens with one attached hydrogen (secondary N) is 1. The van der Waals surface area contributed by atoms with Gasteiger partial charge in [-0.2, -0.15) is 4.31 Å². The molecule has 0 radical (unpaired) electrons. The number of hydrogen-bond acceptors (Lipinski definition) is 4. The number of aromatic amines is 1. The zero-order valence-electron chi connectivity index (χ0n) is 10.4. The van der Waals surface area contributed by atoms with Gasteiger partial charge in [0, 0.05) is 26.4 Å². The van der Waals surface area contributed by atoms with Gasteiger partial charge in [0.05, 0.1) is 11.5 Å². The zero-order chi connectivity index (χ0) is 14.5. The van der Waals surface area contributed by atoms with Crippen molar-refractivity contribution in [3.63, 3.8) is 0 Å². The van der Waals surface area contributed by atoms with Crippen molar-refractivity contribution in [3.8, 4) is 0 Å². The highest BCUT2D eigenvalue weighted by atomic mass is 35.5. The van der Waals surface area contributed by atoms with Gasteiger partial charge < -0.3 is 9.72 Å². The van der Waals surface area contributed by atoms with Gasteiger partial charge in [0.15, 0.2) is 0 Å². The Hall–Kier alpha value is -1.15. The van der Waals surface area contributed by atoms with Crippen LogP contribution in [0.25, 0.3) is 0 Å². The van der Waals surface area contributed by atoms with E-state index in [1.807, 2.05) is 0 Å². The molecule has 0 aliphatic rings. The van der Waals surface area contributed by atoms with Crippen molar-refractivity contribution in [2.24, 2.45) is 0 Å². The van der Waals surface area contributed by atoms with Gasteiger partial charge in [-0.15, -0.1) is 6.58 Å². The maximum atomic E-state index is 12.3. The van der Waals surface area contributed by atoms with Gasteiger partial charge in [-0.25, -0.2) is 8.42 Å². The third-order valence-corrected chi connectivity index (χ3v) is 4.47. The number of pyridine rings is 1. The smallest absolute Gasteiger partial charge is 0.266 e. The molecular weight excluding hydrogens is 292 g/mol. The van der Waals surface area contributed by atoms with Gasteiger partial charge in [-0.05, 0) is 6.07 Å². The van der Waals surface area contributed by atoms with Crippen molar-refractivity contribution < 1.29 is 13.2 Å². The molecule has 1 rings (SSSR count). The average Bonchev–Trinajstić information content (AvgIpc) is 2.37. The van der Waals surface area contributed by atoms with E-state index in [0.29, 0.717) is 0 Å². The summed E-state index contributed by atoms with van der Waals surface area (Å²) in [6.07, 6.45) is 2.59. The Morgan fingerprint density at radius 3 is 2.79 bits per heavy atom. The van der Waals surface area contributed by atoms with Crippen LogP contribution in [-0.4, -0.2) is 44.5 Å². The fourth-order valence-corrected chi connectivity index (χ4v) is 3.01. The lowest BCUT2D eigenvalue weighted by Crippen LogP contribution is -2.34. The molecule has 0 amide bonds. The number of hydrogen-bond donors (Lipinski definition) is 1. The monoisotopic (exact) mass is 306 g/mol. The van der Waals surface area contributed by atoms with E-state index in [0.717, 1.165) is 12.3 Å². The normalized spacial score (nSPS) is 11.7. The van der Waals surface area contributed by atoms with Crippen LogP contribution in [0.1, 0.15) is 0 Å². The Labute approximate surface area is 116 Å². The Morgan fingerprint density at radius 2 is 2.26 bits per heavy atom. The van der Waals surface area contributed by atoms with Crippen molar-refractivity contribution in [3.05, 3.63) is 40.3 Å². The number of rotatable bonds is 7. The minimum Gasteiger partial charge on any atom is -0.383 e. The number of sulfonamides is 1. The van der Waals surface area contributed by atoms with Crippen LogP contribution in [0.15, 0.2) is 34.6 Å². The lowest BCUT2D eigenvalue weighted by atomic mass is 10.5. The number of halogens is 1. The Bertz CT molecular complexity index is 597. The molecule has 0 atom stereocenters. The third-order valence-electron chi connectivity index (χ3n) is 2.35. The van der Waals surface area contributed by atoms with Crippen molar-refractivity contribution in [2.45, 2.75) is 4.90 Å². The largest absolute Gasteiger partial charge is 0.383 e. The van der Waals surface area contributed by atoms with Crippen LogP contribution in [0, 0.1) is 0 Å². The van der Waals surface area contributed by atoms with Gasteiger partial charge in [-0.3, -0.25) is 4.79 Å². The molecule has 0 bridgehead atoms. The summed E-state index contributed by atoms with van der Waals surface area (Å²) in [6, 6.07) is 1.12. The number of H-pyrrole nitrogens is 1. The number of aromatic nitrogens is 1. The number of ether oxygens (including phenoxy) is 1. The molecule has 1 N–H and O–H groups in total. The van der Waals surface area contributed by atoms with Gasteiger partial charge in [0.25, 0.3) is 5.56 Å². The molecule has 0 aliphatic heterocycles. The van der Waals surface area contributed by atoms with E-state index in [-0.39, 0.29) is 29.6 Å². The predicted molar refractivity (Wildman–Crippen MR) is 72.9 cm³/mol. The van der Waals surface area contributed by atoms with Crippen molar-refractivity contribution >= 4 is 21.6 Å². The molecule has 0 saturated carbocycles. The van der Waals surface area contributed by atoms with E-state index < -0.39 is 15.6 Å². The number of methoxy groups -OCH3 is 1. The van der Waals surface area contributed by atoms with E-state index in [2.05, 4.69) is 11.6 Å². The van der Waals surface area contributed by atoms with E-state index in [4.69, 9.17) is 16.3 Å². The topological polar surface area (TPSA) is 79.5 Å². The van der Waals surface area contributed by atoms with Crippen molar-refractivity contribution in [1.29, 1.82) is 0 Å². The molecular formula is C11H15ClN2O4S. The van der Waals surface area contributed by atoms with E-state index in [9.17, 15) is 13.2 Å². The van der Waals surface area contributed by atoms with Crippen LogP contribution in [0.2, 0.25) is 5.02 Å². The Morgan fingerprint density at radius 1 is 1.58 bits per heavy atom. The van der Waals surface area contributed by atoms with Crippen molar-refractivity contribution in [1.82, 2.24) is 9.29 Å². The van der Waals surface area contributed by atoms with Crippen LogP contribution in [0.5, 0.6) is 0 Å². The second-order valence-corrected chi connectivity index (χ2v) is 6.00. The molecule has 6 nitrogen and oxygen atoms in total. The minimum atomic E-state index is -3.75. The molecule has 0 aliphatic carbocycles. The highest BCUT2D eigenvalue weighted by molar-refractivity contribution is 7.89. The fourth-order valence-electron chi connectivity index (χ4n) is 1.38. The summed E-state index contributed by atoms with van der Waals surface area (Å²) in [5.41, 5.74) is -0.534. The number of nitrogens with zero attached hydrogens (tertiary/aromatic N) is 1. The van der Waals surface area contributed by atoms with Crippen LogP contribution in [0.3, 0.4) is 0 Å². The molecule has 1 heterocycles. The van der Waals surface area contributed by atoms with Crippen LogP contribution in [0.4, 0.5) is 0 Å². The van der Waals surface area contributed by atoms with Crippen LogP contribution >= 0.6 is 11.6 Å². The maximum Gasteiger partial charge on any atom is 0.266 e. The Kier molecular flexibility index (Phi) is 5.74. The third kappa shape index (κ3) is 3.90. The second kappa shape index (κ2) is 6.85. The molecule has 0 unspecified atom stereocenters. The lowest BCUT2D eigenvalue weighted by molar-refractivity contribution is 0.182. The van der Waals surface area contributed by atoms with E-state index in [1.54, 1.807) is 0 Å². The first-order valence-electron chi connectivity index (χ1n) is 5.41. The summed E-state index contributed by atoms with van der Waals surface area (Å²) < 4.78 is 30.7. The predicted octanol–water partition coefficient (Wildman–Crippen LogP) is 0.851. The first-order valence-corrected chi connectivity index (χ1v) is 7.23. The maximum absolute atomic E-state index is 12.3. The summed E-state index contributed by atoms with van der Waals surface area (Å²) in [5.74, 6) is 0. The molecule has 1 aromatic rings. The summed E-state index contributed by atoms with van der Waals surface area (Å²) in [6.45, 7) is 4.09. The first kappa shape index (κ1) is 15.9. The van der Waals surface area contributed by atoms with Crippen molar-refractivity contribution in [2.75, 3.05) is 26.8 Å². The summed E-state index contributed by atoms with van der Waals surface area (Å²) in [5, 5.41) is -0.175. The van der Waals surface area contributed by atoms with Gasteiger partial charge in [0.2, 0.25) is 10.0 Å². The van der Waals surface area contributed by atoms with Gasteiger partial charge >= 0.3 is 0 Å². The Balaban J connectivity index is 3.14. The highest BCUT2D eigenvalue weighted by Crippen LogP contribution is 2.16. The van der Waals surface area contributed by atoms with E-state index in [1.165, 1.54) is 17.5 Å². The highest BCUT2D eigenvalue weighted by Gasteiger charge is 2.24.